The van der Waals surface area contributed by atoms with Gasteiger partial charge in [0.25, 0.3) is 0 Å². The summed E-state index contributed by atoms with van der Waals surface area (Å²) in [5, 5.41) is 33.0. The molecule has 0 fully saturated rings. The van der Waals surface area contributed by atoms with E-state index in [2.05, 4.69) is 126 Å². The summed E-state index contributed by atoms with van der Waals surface area (Å²) in [6.07, 6.45) is 0. The number of furan rings is 4. The first-order chi connectivity index (χ1) is 37.6. The molecule has 16 rings (SSSR count). The van der Waals surface area contributed by atoms with E-state index in [1.807, 2.05) is 114 Å². The van der Waals surface area contributed by atoms with Crippen LogP contribution in [0.15, 0.2) is 236 Å². The molecule has 0 unspecified atom stereocenters. The molecule has 0 aliphatic heterocycles. The second-order valence-corrected chi connectivity index (χ2v) is 19.4. The average Bonchev–Trinajstić information content (AvgIpc) is 4.33. The molecule has 0 amide bonds. The molecule has 0 aliphatic carbocycles. The highest BCUT2D eigenvalue weighted by molar-refractivity contribution is 6.24. The number of hydrogen-bond acceptors (Lipinski definition) is 7. The van der Waals surface area contributed by atoms with E-state index in [1.54, 1.807) is 0 Å². The summed E-state index contributed by atoms with van der Waals surface area (Å²) in [4.78, 5) is 2.02. The number of hydrogen-bond donors (Lipinski definition) is 0. The Kier molecular flexibility index (Phi) is 8.71. The summed E-state index contributed by atoms with van der Waals surface area (Å²) in [6, 6.07) is 78.9. The van der Waals surface area contributed by atoms with Gasteiger partial charge in [0, 0.05) is 65.9 Å². The van der Waals surface area contributed by atoms with Gasteiger partial charge in [-0.3, -0.25) is 0 Å². The summed E-state index contributed by atoms with van der Waals surface area (Å²) in [7, 11) is 0. The summed E-state index contributed by atoms with van der Waals surface area (Å²) < 4.78 is 27.9. The smallest absolute Gasteiger partial charge is 0.145 e. The SMILES string of the molecule is N#Cc1ccc(-n2c3ccc(-c4ccc5oc6ccccc6c5c4)cc3c3c4oc5ccccc5c4ccc32)c(C#N)c1N(c1ccc(-c2ccc3oc4ccccc4c3c2)cc1)c1ccc2c(c1)oc1ccccc12. The number of aromatic nitrogens is 1. The molecule has 0 saturated carbocycles. The van der Waals surface area contributed by atoms with E-state index >= 15 is 0 Å². The summed E-state index contributed by atoms with van der Waals surface area (Å²) in [5.41, 5.74) is 15.3. The summed E-state index contributed by atoms with van der Waals surface area (Å²) in [6.45, 7) is 0. The normalized spacial score (nSPS) is 11.9. The van der Waals surface area contributed by atoms with Crippen molar-refractivity contribution < 1.29 is 17.7 Å². The molecule has 0 radical (unpaired) electrons. The highest BCUT2D eigenvalue weighted by atomic mass is 16.3. The van der Waals surface area contributed by atoms with Crippen molar-refractivity contribution in [3.8, 4) is 40.1 Å². The van der Waals surface area contributed by atoms with Crippen LogP contribution in [0.2, 0.25) is 0 Å². The van der Waals surface area contributed by atoms with E-state index < -0.39 is 0 Å². The number of fused-ring (bicyclic) bond motifs is 16. The van der Waals surface area contributed by atoms with Gasteiger partial charge in [-0.1, -0.05) is 103 Å². The van der Waals surface area contributed by atoms with Crippen LogP contribution in [0.1, 0.15) is 11.1 Å². The lowest BCUT2D eigenvalue weighted by atomic mass is 10.00. The maximum atomic E-state index is 11.8. The minimum Gasteiger partial charge on any atom is -0.456 e. The maximum Gasteiger partial charge on any atom is 0.145 e. The first kappa shape index (κ1) is 41.8. The van der Waals surface area contributed by atoms with Gasteiger partial charge in [0.2, 0.25) is 0 Å². The van der Waals surface area contributed by atoms with Gasteiger partial charge in [0.05, 0.1) is 33.4 Å². The van der Waals surface area contributed by atoms with Crippen LogP contribution in [-0.4, -0.2) is 4.57 Å². The highest BCUT2D eigenvalue weighted by Crippen LogP contribution is 2.47. The lowest BCUT2D eigenvalue weighted by Gasteiger charge is -2.28. The third-order valence-electron chi connectivity index (χ3n) is 15.3. The van der Waals surface area contributed by atoms with Gasteiger partial charge in [-0.2, -0.15) is 10.5 Å². The summed E-state index contributed by atoms with van der Waals surface area (Å²) in [5.74, 6) is 0. The van der Waals surface area contributed by atoms with E-state index in [0.717, 1.165) is 132 Å². The molecule has 0 bridgehead atoms. The minimum atomic E-state index is 0.315. The molecule has 0 spiro atoms. The molecule has 11 aromatic carbocycles. The fourth-order valence-electron chi connectivity index (χ4n) is 11.8. The van der Waals surface area contributed by atoms with Crippen LogP contribution in [0, 0.1) is 22.7 Å². The second-order valence-electron chi connectivity index (χ2n) is 19.4. The minimum absolute atomic E-state index is 0.315. The average molecular weight is 973 g/mol. The largest absolute Gasteiger partial charge is 0.456 e. The van der Waals surface area contributed by atoms with Crippen LogP contribution in [0.25, 0.3) is 138 Å². The van der Waals surface area contributed by atoms with Gasteiger partial charge in [0.1, 0.15) is 62.4 Å². The molecular weight excluding hydrogens is 937 g/mol. The van der Waals surface area contributed by atoms with Crippen molar-refractivity contribution in [3.05, 3.63) is 230 Å². The Hall–Kier alpha value is -10.8. The summed E-state index contributed by atoms with van der Waals surface area (Å²) >= 11 is 0. The molecule has 0 aliphatic rings. The molecular formula is C68H36N4O4. The molecule has 0 N–H and O–H groups in total. The maximum absolute atomic E-state index is 11.8. The number of nitriles is 2. The van der Waals surface area contributed by atoms with Gasteiger partial charge in [-0.25, -0.2) is 0 Å². The fraction of sp³-hybridized carbons (Fsp3) is 0. The molecule has 0 saturated heterocycles. The zero-order valence-corrected chi connectivity index (χ0v) is 40.2. The van der Waals surface area contributed by atoms with Crippen molar-refractivity contribution in [2.24, 2.45) is 0 Å². The van der Waals surface area contributed by atoms with E-state index in [4.69, 9.17) is 17.7 Å². The van der Waals surface area contributed by atoms with E-state index in [-0.39, 0.29) is 0 Å². The molecule has 8 nitrogen and oxygen atoms in total. The van der Waals surface area contributed by atoms with Crippen molar-refractivity contribution in [1.82, 2.24) is 4.57 Å². The third kappa shape index (κ3) is 6.04. The fourth-order valence-corrected chi connectivity index (χ4v) is 11.8. The first-order valence-electron chi connectivity index (χ1n) is 25.1. The van der Waals surface area contributed by atoms with Crippen LogP contribution in [0.3, 0.4) is 0 Å². The number of para-hydroxylation sites is 4. The predicted molar refractivity (Wildman–Crippen MR) is 305 cm³/mol. The third-order valence-corrected chi connectivity index (χ3v) is 15.3. The van der Waals surface area contributed by atoms with Crippen molar-refractivity contribution >= 4 is 127 Å². The van der Waals surface area contributed by atoms with Crippen LogP contribution in [0.5, 0.6) is 0 Å². The van der Waals surface area contributed by atoms with Crippen molar-refractivity contribution in [3.63, 3.8) is 0 Å². The van der Waals surface area contributed by atoms with Gasteiger partial charge in [-0.15, -0.1) is 0 Å². The van der Waals surface area contributed by atoms with Gasteiger partial charge >= 0.3 is 0 Å². The Balaban J connectivity index is 0.927. The highest BCUT2D eigenvalue weighted by Gasteiger charge is 2.28. The van der Waals surface area contributed by atoms with Gasteiger partial charge in [0.15, 0.2) is 0 Å². The Morgan fingerprint density at radius 1 is 0.342 bits per heavy atom. The zero-order valence-electron chi connectivity index (χ0n) is 40.2. The standard InChI is InChI=1S/C68H36N4O4/c69-37-43-20-29-57(72-56-28-19-41(42-22-32-64-53(34-42)49-12-4-7-15-61(49)74-64)35-54(56)66-58(72)30-27-51-47-10-2-8-16-62(47)76-68(51)66)55(38-70)67(43)71(45-25-26-50-46-9-1-5-13-59(46)75-65(50)36-45)44-23-17-39(18-24-44)40-21-31-63-52(33-40)48-11-3-6-14-60(48)73-63/h1-36H. The van der Waals surface area contributed by atoms with Crippen LogP contribution < -0.4 is 4.90 Å². The molecule has 5 heterocycles. The quantitative estimate of drug-likeness (QED) is 0.163. The number of rotatable bonds is 6. The van der Waals surface area contributed by atoms with Crippen molar-refractivity contribution in [2.75, 3.05) is 4.90 Å². The number of nitrogens with zero attached hydrogens (tertiary/aromatic N) is 4. The molecule has 352 valence electrons. The second kappa shape index (κ2) is 15.8. The topological polar surface area (TPSA) is 108 Å². The Morgan fingerprint density at radius 3 is 1.45 bits per heavy atom. The number of benzene rings is 11. The van der Waals surface area contributed by atoms with E-state index in [1.165, 1.54) is 0 Å². The van der Waals surface area contributed by atoms with Gasteiger partial charge in [-0.05, 0) is 131 Å². The van der Waals surface area contributed by atoms with Crippen LogP contribution >= 0.6 is 0 Å². The van der Waals surface area contributed by atoms with E-state index in [0.29, 0.717) is 33.8 Å². The Bertz CT molecular complexity index is 5230. The molecule has 76 heavy (non-hydrogen) atoms. The lowest BCUT2D eigenvalue weighted by Crippen LogP contribution is -2.15. The van der Waals surface area contributed by atoms with Crippen LogP contribution in [0.4, 0.5) is 17.1 Å². The Labute approximate surface area is 431 Å². The predicted octanol–water partition coefficient (Wildman–Crippen LogP) is 18.9. The molecule has 0 atom stereocenters. The van der Waals surface area contributed by atoms with Crippen molar-refractivity contribution in [1.29, 1.82) is 10.5 Å². The molecule has 16 aromatic rings. The zero-order chi connectivity index (χ0) is 50.2. The Morgan fingerprint density at radius 2 is 0.816 bits per heavy atom. The molecule has 5 aromatic heterocycles. The van der Waals surface area contributed by atoms with Crippen LogP contribution in [-0.2, 0) is 0 Å². The first-order valence-corrected chi connectivity index (χ1v) is 25.1. The number of anilines is 3. The van der Waals surface area contributed by atoms with E-state index in [9.17, 15) is 10.5 Å². The van der Waals surface area contributed by atoms with Gasteiger partial charge < -0.3 is 27.1 Å². The molecule has 8 heteroatoms. The monoisotopic (exact) mass is 972 g/mol. The lowest BCUT2D eigenvalue weighted by molar-refractivity contribution is 0.668. The van der Waals surface area contributed by atoms with Crippen molar-refractivity contribution in [2.45, 2.75) is 0 Å².